The van der Waals surface area contributed by atoms with Gasteiger partial charge in [-0.3, -0.25) is 4.79 Å². The van der Waals surface area contributed by atoms with Crippen LogP contribution in [0.4, 0.5) is 11.4 Å². The van der Waals surface area contributed by atoms with Gasteiger partial charge in [-0.15, -0.1) is 0 Å². The van der Waals surface area contributed by atoms with Crippen molar-refractivity contribution in [2.45, 2.75) is 19.9 Å². The van der Waals surface area contributed by atoms with Crippen LogP contribution >= 0.6 is 0 Å². The first-order valence-corrected chi connectivity index (χ1v) is 9.89. The first-order valence-electron chi connectivity index (χ1n) is 9.89. The predicted octanol–water partition coefficient (Wildman–Crippen LogP) is 1.83. The molecule has 1 aliphatic rings. The number of hydrogen-bond acceptors (Lipinski definition) is 4. The molecule has 1 heterocycles. The van der Waals surface area contributed by atoms with Crippen LogP contribution in [0.3, 0.4) is 0 Å². The standard InChI is InChI=1S/C22H29N3O3/c1-4-28-21-12-8-6-10-19(21)25-15-13-24(14-16-25)17(2)22(26)23-18-9-5-7-11-20(18)27-3/h5-12,17H,4,13-16H2,1-3H3,(H,23,26)/p+1/t17-/m1/s1. The largest absolute Gasteiger partial charge is 0.495 e. The molecule has 0 radical (unpaired) electrons. The molecule has 2 aromatic carbocycles. The molecule has 6 nitrogen and oxygen atoms in total. The molecule has 2 aromatic rings. The summed E-state index contributed by atoms with van der Waals surface area (Å²) in [6, 6.07) is 15.5. The van der Waals surface area contributed by atoms with E-state index >= 15 is 0 Å². The van der Waals surface area contributed by atoms with Crippen molar-refractivity contribution < 1.29 is 19.2 Å². The van der Waals surface area contributed by atoms with Crippen molar-refractivity contribution in [1.29, 1.82) is 0 Å². The van der Waals surface area contributed by atoms with Crippen molar-refractivity contribution in [2.24, 2.45) is 0 Å². The van der Waals surface area contributed by atoms with Gasteiger partial charge in [-0.05, 0) is 38.1 Å². The number of carbonyl (C=O) groups excluding carboxylic acids is 1. The van der Waals surface area contributed by atoms with E-state index in [-0.39, 0.29) is 11.9 Å². The van der Waals surface area contributed by atoms with Crippen LogP contribution in [-0.4, -0.2) is 51.8 Å². The van der Waals surface area contributed by atoms with Crippen molar-refractivity contribution in [3.05, 3.63) is 48.5 Å². The van der Waals surface area contributed by atoms with Gasteiger partial charge in [0.15, 0.2) is 6.04 Å². The first kappa shape index (κ1) is 20.0. The fourth-order valence-corrected chi connectivity index (χ4v) is 3.64. The topological polar surface area (TPSA) is 55.2 Å². The molecule has 3 rings (SSSR count). The minimum absolute atomic E-state index is 0.0164. The van der Waals surface area contributed by atoms with Gasteiger partial charge in [0.25, 0.3) is 5.91 Å². The number of ether oxygens (including phenoxy) is 2. The Balaban J connectivity index is 1.59. The predicted molar refractivity (Wildman–Crippen MR) is 112 cm³/mol. The fourth-order valence-electron chi connectivity index (χ4n) is 3.64. The molecule has 1 saturated heterocycles. The van der Waals surface area contributed by atoms with Gasteiger partial charge in [-0.25, -0.2) is 0 Å². The molecule has 0 spiro atoms. The van der Waals surface area contributed by atoms with Crippen LogP contribution in [0.15, 0.2) is 48.5 Å². The quantitative estimate of drug-likeness (QED) is 0.765. The Morgan fingerprint density at radius 1 is 1.11 bits per heavy atom. The average molecular weight is 385 g/mol. The zero-order chi connectivity index (χ0) is 19.9. The van der Waals surface area contributed by atoms with Crippen molar-refractivity contribution in [1.82, 2.24) is 0 Å². The number of anilines is 2. The van der Waals surface area contributed by atoms with E-state index in [1.807, 2.05) is 56.3 Å². The summed E-state index contributed by atoms with van der Waals surface area (Å²) in [5, 5.41) is 3.01. The van der Waals surface area contributed by atoms with Crippen molar-refractivity contribution in [2.75, 3.05) is 50.1 Å². The second-order valence-electron chi connectivity index (χ2n) is 6.96. The lowest BCUT2D eigenvalue weighted by atomic mass is 10.2. The maximum Gasteiger partial charge on any atom is 0.282 e. The van der Waals surface area contributed by atoms with Crippen LogP contribution in [0, 0.1) is 0 Å². The molecule has 0 unspecified atom stereocenters. The van der Waals surface area contributed by atoms with Crippen LogP contribution in [0.2, 0.25) is 0 Å². The summed E-state index contributed by atoms with van der Waals surface area (Å²) in [5.41, 5.74) is 1.85. The highest BCUT2D eigenvalue weighted by Crippen LogP contribution is 2.28. The number of benzene rings is 2. The van der Waals surface area contributed by atoms with Crippen LogP contribution in [0.25, 0.3) is 0 Å². The molecule has 1 amide bonds. The van der Waals surface area contributed by atoms with Gasteiger partial charge in [0.1, 0.15) is 11.5 Å². The highest BCUT2D eigenvalue weighted by atomic mass is 16.5. The first-order chi connectivity index (χ1) is 13.6. The normalized spacial score (nSPS) is 15.8. The van der Waals surface area contributed by atoms with Crippen molar-refractivity contribution in [3.8, 4) is 11.5 Å². The minimum Gasteiger partial charge on any atom is -0.495 e. The molecule has 0 saturated carbocycles. The van der Waals surface area contributed by atoms with Gasteiger partial charge >= 0.3 is 0 Å². The third kappa shape index (κ3) is 4.57. The van der Waals surface area contributed by atoms with Gasteiger partial charge in [-0.2, -0.15) is 0 Å². The molecular weight excluding hydrogens is 354 g/mol. The Hall–Kier alpha value is -2.73. The third-order valence-electron chi connectivity index (χ3n) is 5.28. The Kier molecular flexibility index (Phi) is 6.76. The lowest BCUT2D eigenvalue weighted by molar-refractivity contribution is -0.914. The molecule has 28 heavy (non-hydrogen) atoms. The van der Waals surface area contributed by atoms with Gasteiger partial charge in [0.05, 0.1) is 51.3 Å². The summed E-state index contributed by atoms with van der Waals surface area (Å²) in [6.07, 6.45) is 0. The van der Waals surface area contributed by atoms with Crippen LogP contribution < -0.4 is 24.6 Å². The summed E-state index contributed by atoms with van der Waals surface area (Å²) < 4.78 is 11.1. The SMILES string of the molecule is CCOc1ccccc1N1CC[NH+]([C@H](C)C(=O)Nc2ccccc2OC)CC1. The molecule has 0 aromatic heterocycles. The number of piperazine rings is 1. The van der Waals surface area contributed by atoms with E-state index < -0.39 is 0 Å². The molecule has 150 valence electrons. The maximum atomic E-state index is 12.7. The molecule has 1 aliphatic heterocycles. The molecule has 6 heteroatoms. The summed E-state index contributed by atoms with van der Waals surface area (Å²) >= 11 is 0. The van der Waals surface area contributed by atoms with Crippen LogP contribution in [0.1, 0.15) is 13.8 Å². The number of nitrogens with zero attached hydrogens (tertiary/aromatic N) is 1. The van der Waals surface area contributed by atoms with Crippen LogP contribution in [0.5, 0.6) is 11.5 Å². The number of rotatable bonds is 7. The minimum atomic E-state index is -0.130. The van der Waals surface area contributed by atoms with E-state index in [9.17, 15) is 4.79 Å². The average Bonchev–Trinajstić information content (AvgIpc) is 2.74. The molecule has 1 fully saturated rings. The summed E-state index contributed by atoms with van der Waals surface area (Å²) in [7, 11) is 1.61. The number of amides is 1. The molecule has 2 N–H and O–H groups in total. The smallest absolute Gasteiger partial charge is 0.282 e. The number of carbonyl (C=O) groups is 1. The van der Waals surface area contributed by atoms with Gasteiger partial charge in [0.2, 0.25) is 0 Å². The van der Waals surface area contributed by atoms with Crippen molar-refractivity contribution in [3.63, 3.8) is 0 Å². The van der Waals surface area contributed by atoms with Gasteiger partial charge in [0, 0.05) is 0 Å². The van der Waals surface area contributed by atoms with Gasteiger partial charge < -0.3 is 24.6 Å². The van der Waals surface area contributed by atoms with Crippen LogP contribution in [-0.2, 0) is 4.79 Å². The Morgan fingerprint density at radius 3 is 2.43 bits per heavy atom. The molecule has 0 bridgehead atoms. The number of quaternary nitrogens is 1. The molecule has 0 aliphatic carbocycles. The highest BCUT2D eigenvalue weighted by molar-refractivity contribution is 5.94. The number of hydrogen-bond donors (Lipinski definition) is 2. The zero-order valence-electron chi connectivity index (χ0n) is 16.9. The second kappa shape index (κ2) is 9.46. The van der Waals surface area contributed by atoms with Gasteiger partial charge in [-0.1, -0.05) is 24.3 Å². The van der Waals surface area contributed by atoms with E-state index in [0.717, 1.165) is 37.6 Å². The van der Waals surface area contributed by atoms with E-state index in [2.05, 4.69) is 16.3 Å². The lowest BCUT2D eigenvalue weighted by Crippen LogP contribution is -3.19. The summed E-state index contributed by atoms with van der Waals surface area (Å²) in [5.74, 6) is 1.62. The maximum absolute atomic E-state index is 12.7. The highest BCUT2D eigenvalue weighted by Gasteiger charge is 2.30. The van der Waals surface area contributed by atoms with Crippen molar-refractivity contribution >= 4 is 17.3 Å². The fraction of sp³-hybridized carbons (Fsp3) is 0.409. The number of nitrogens with one attached hydrogen (secondary N) is 2. The zero-order valence-corrected chi connectivity index (χ0v) is 16.9. The van der Waals surface area contributed by atoms with E-state index in [1.165, 1.54) is 4.90 Å². The number of methoxy groups -OCH3 is 1. The Morgan fingerprint density at radius 2 is 1.75 bits per heavy atom. The monoisotopic (exact) mass is 384 g/mol. The summed E-state index contributed by atoms with van der Waals surface area (Å²) in [4.78, 5) is 16.4. The molecule has 1 atom stereocenters. The number of para-hydroxylation sites is 4. The lowest BCUT2D eigenvalue weighted by Gasteiger charge is -2.36. The second-order valence-corrected chi connectivity index (χ2v) is 6.96. The Labute approximate surface area is 167 Å². The summed E-state index contributed by atoms with van der Waals surface area (Å²) in [6.45, 7) is 8.24. The van der Waals surface area contributed by atoms with E-state index in [0.29, 0.717) is 18.0 Å². The molecular formula is C22H30N3O3+. The third-order valence-corrected chi connectivity index (χ3v) is 5.28. The van der Waals surface area contributed by atoms with E-state index in [4.69, 9.17) is 9.47 Å². The van der Waals surface area contributed by atoms with E-state index in [1.54, 1.807) is 7.11 Å². The Bertz CT molecular complexity index is 788.